The highest BCUT2D eigenvalue weighted by atomic mass is 16.5. The van der Waals surface area contributed by atoms with Crippen LogP contribution in [0, 0.1) is 0 Å². The third-order valence-corrected chi connectivity index (χ3v) is 3.44. The van der Waals surface area contributed by atoms with Gasteiger partial charge >= 0.3 is 0 Å². The third-order valence-electron chi connectivity index (χ3n) is 3.44. The molecule has 0 atom stereocenters. The van der Waals surface area contributed by atoms with E-state index in [0.717, 1.165) is 24.2 Å². The minimum absolute atomic E-state index is 0.00267. The topological polar surface area (TPSA) is 84.7 Å². The second-order valence-electron chi connectivity index (χ2n) is 5.08. The molecule has 114 valence electrons. The maximum absolute atomic E-state index is 12.2. The number of carbonyl (C=O) groups excluding carboxylic acids is 2. The van der Waals surface area contributed by atoms with Crippen molar-refractivity contribution in [2.75, 3.05) is 20.2 Å². The Morgan fingerprint density at radius 1 is 1.33 bits per heavy atom. The summed E-state index contributed by atoms with van der Waals surface area (Å²) in [5, 5.41) is 2.52. The zero-order chi connectivity index (χ0) is 15.2. The highest BCUT2D eigenvalue weighted by molar-refractivity contribution is 5.85. The van der Waals surface area contributed by atoms with Crippen LogP contribution in [0.2, 0.25) is 0 Å². The second-order valence-corrected chi connectivity index (χ2v) is 5.08. The Labute approximate surface area is 124 Å². The average Bonchev–Trinajstić information content (AvgIpc) is 3.35. The summed E-state index contributed by atoms with van der Waals surface area (Å²) in [4.78, 5) is 25.2. The molecular weight excluding hydrogens is 270 g/mol. The molecule has 1 aromatic rings. The van der Waals surface area contributed by atoms with E-state index in [-0.39, 0.29) is 30.9 Å². The molecule has 3 N–H and O–H groups in total. The van der Waals surface area contributed by atoms with E-state index in [4.69, 9.17) is 10.5 Å². The molecule has 0 heterocycles. The summed E-state index contributed by atoms with van der Waals surface area (Å²) in [6.45, 7) is 0.448. The molecule has 21 heavy (non-hydrogen) atoms. The first-order valence-electron chi connectivity index (χ1n) is 7.03. The number of methoxy groups -OCH3 is 1. The molecule has 6 nitrogen and oxygen atoms in total. The number of nitrogens with one attached hydrogen (secondary N) is 1. The van der Waals surface area contributed by atoms with Crippen molar-refractivity contribution in [1.29, 1.82) is 0 Å². The number of amides is 2. The van der Waals surface area contributed by atoms with Gasteiger partial charge in [-0.1, -0.05) is 12.1 Å². The van der Waals surface area contributed by atoms with Crippen molar-refractivity contribution in [2.24, 2.45) is 5.73 Å². The van der Waals surface area contributed by atoms with Crippen molar-refractivity contribution in [3.8, 4) is 5.75 Å². The van der Waals surface area contributed by atoms with Gasteiger partial charge in [-0.2, -0.15) is 0 Å². The minimum atomic E-state index is -0.316. The maximum Gasteiger partial charge on any atom is 0.242 e. The van der Waals surface area contributed by atoms with Crippen LogP contribution in [0.25, 0.3) is 0 Å². The molecule has 1 saturated carbocycles. The predicted octanol–water partition coefficient (Wildman–Crippen LogP) is 0.261. The molecule has 2 rings (SSSR count). The molecule has 1 fully saturated rings. The van der Waals surface area contributed by atoms with Crippen molar-refractivity contribution >= 4 is 11.8 Å². The van der Waals surface area contributed by atoms with Gasteiger partial charge in [-0.3, -0.25) is 9.59 Å². The van der Waals surface area contributed by atoms with Crippen molar-refractivity contribution in [2.45, 2.75) is 25.4 Å². The number of nitrogens with two attached hydrogens (primary N) is 1. The van der Waals surface area contributed by atoms with Crippen LogP contribution in [0.4, 0.5) is 0 Å². The molecule has 1 aromatic carbocycles. The summed E-state index contributed by atoms with van der Waals surface area (Å²) in [6, 6.07) is 7.93. The summed E-state index contributed by atoms with van der Waals surface area (Å²) in [6.07, 6.45) is 2.04. The van der Waals surface area contributed by atoms with Crippen molar-refractivity contribution in [3.05, 3.63) is 29.8 Å². The quantitative estimate of drug-likeness (QED) is 0.755. The van der Waals surface area contributed by atoms with E-state index >= 15 is 0 Å². The van der Waals surface area contributed by atoms with Gasteiger partial charge < -0.3 is 20.7 Å². The maximum atomic E-state index is 12.2. The smallest absolute Gasteiger partial charge is 0.242 e. The van der Waals surface area contributed by atoms with Crippen LogP contribution in [-0.4, -0.2) is 43.0 Å². The lowest BCUT2D eigenvalue weighted by Gasteiger charge is -2.23. The molecule has 0 bridgehead atoms. The molecule has 0 aliphatic heterocycles. The lowest BCUT2D eigenvalue weighted by Crippen LogP contribution is -2.42. The summed E-state index contributed by atoms with van der Waals surface area (Å²) in [5.41, 5.74) is 6.25. The monoisotopic (exact) mass is 291 g/mol. The van der Waals surface area contributed by atoms with Crippen LogP contribution in [0.1, 0.15) is 18.4 Å². The molecule has 0 spiro atoms. The fraction of sp³-hybridized carbons (Fsp3) is 0.467. The summed E-state index contributed by atoms with van der Waals surface area (Å²) >= 11 is 0. The number of rotatable bonds is 7. The first kappa shape index (κ1) is 15.3. The third kappa shape index (κ3) is 4.46. The van der Waals surface area contributed by atoms with Crippen LogP contribution in [0.15, 0.2) is 24.3 Å². The molecule has 2 amide bonds. The summed E-state index contributed by atoms with van der Waals surface area (Å²) < 4.78 is 5.12. The molecule has 6 heteroatoms. The van der Waals surface area contributed by atoms with Crippen molar-refractivity contribution in [3.63, 3.8) is 0 Å². The van der Waals surface area contributed by atoms with Crippen molar-refractivity contribution in [1.82, 2.24) is 10.2 Å². The van der Waals surface area contributed by atoms with Gasteiger partial charge in [0.05, 0.1) is 20.2 Å². The summed E-state index contributed by atoms with van der Waals surface area (Å²) in [7, 11) is 1.62. The Balaban J connectivity index is 1.94. The van der Waals surface area contributed by atoms with E-state index in [1.165, 1.54) is 0 Å². The highest BCUT2D eigenvalue weighted by Crippen LogP contribution is 2.28. The number of benzene rings is 1. The van der Waals surface area contributed by atoms with E-state index < -0.39 is 0 Å². The Hall–Kier alpha value is -2.08. The molecule has 0 aromatic heterocycles. The van der Waals surface area contributed by atoms with Gasteiger partial charge in [-0.25, -0.2) is 0 Å². The van der Waals surface area contributed by atoms with E-state index in [1.807, 2.05) is 29.2 Å². The Kier molecular flexibility index (Phi) is 5.16. The van der Waals surface area contributed by atoms with Gasteiger partial charge in [0.15, 0.2) is 0 Å². The highest BCUT2D eigenvalue weighted by Gasteiger charge is 2.32. The molecule has 0 saturated heterocycles. The van der Waals surface area contributed by atoms with Gasteiger partial charge in [0.25, 0.3) is 0 Å². The number of carbonyl (C=O) groups is 2. The number of ether oxygens (including phenoxy) is 1. The minimum Gasteiger partial charge on any atom is -0.497 e. The van der Waals surface area contributed by atoms with E-state index in [9.17, 15) is 9.59 Å². The van der Waals surface area contributed by atoms with Crippen LogP contribution in [0.3, 0.4) is 0 Å². The SMILES string of the molecule is COc1ccc(CN(C(=O)CNC(=O)CN)C2CC2)cc1. The zero-order valence-electron chi connectivity index (χ0n) is 12.2. The van der Waals surface area contributed by atoms with E-state index in [1.54, 1.807) is 7.11 Å². The first-order valence-corrected chi connectivity index (χ1v) is 7.03. The largest absolute Gasteiger partial charge is 0.497 e. The van der Waals surface area contributed by atoms with Gasteiger partial charge in [-0.05, 0) is 30.5 Å². The van der Waals surface area contributed by atoms with Crippen LogP contribution < -0.4 is 15.8 Å². The fourth-order valence-corrected chi connectivity index (χ4v) is 2.08. The first-order chi connectivity index (χ1) is 10.1. The van der Waals surface area contributed by atoms with Crippen LogP contribution in [-0.2, 0) is 16.1 Å². The van der Waals surface area contributed by atoms with E-state index in [2.05, 4.69) is 5.32 Å². The number of nitrogens with zero attached hydrogens (tertiary/aromatic N) is 1. The molecule has 0 unspecified atom stereocenters. The Morgan fingerprint density at radius 2 is 2.00 bits per heavy atom. The molecule has 0 radical (unpaired) electrons. The fourth-order valence-electron chi connectivity index (χ4n) is 2.08. The Bertz CT molecular complexity index is 497. The summed E-state index contributed by atoms with van der Waals surface area (Å²) in [5.74, 6) is 0.400. The zero-order valence-corrected chi connectivity index (χ0v) is 12.2. The Morgan fingerprint density at radius 3 is 2.52 bits per heavy atom. The second kappa shape index (κ2) is 7.08. The van der Waals surface area contributed by atoms with Crippen LogP contribution >= 0.6 is 0 Å². The van der Waals surface area contributed by atoms with Crippen LogP contribution in [0.5, 0.6) is 5.75 Å². The lowest BCUT2D eigenvalue weighted by molar-refractivity contribution is -0.133. The van der Waals surface area contributed by atoms with Gasteiger partial charge in [0, 0.05) is 12.6 Å². The van der Waals surface area contributed by atoms with Crippen molar-refractivity contribution < 1.29 is 14.3 Å². The van der Waals surface area contributed by atoms with E-state index in [0.29, 0.717) is 6.54 Å². The molecule has 1 aliphatic rings. The average molecular weight is 291 g/mol. The molecular formula is C15H21N3O3. The standard InChI is InChI=1S/C15H21N3O3/c1-21-13-6-2-11(3-7-13)10-18(12-4-5-12)15(20)9-17-14(19)8-16/h2-3,6-7,12H,4-5,8-10,16H2,1H3,(H,17,19). The number of hydrogen-bond acceptors (Lipinski definition) is 4. The number of hydrogen-bond donors (Lipinski definition) is 2. The normalized spacial score (nSPS) is 13.6. The van der Waals surface area contributed by atoms with Gasteiger partial charge in [-0.15, -0.1) is 0 Å². The van der Waals surface area contributed by atoms with Gasteiger partial charge in [0.1, 0.15) is 5.75 Å². The predicted molar refractivity (Wildman–Crippen MR) is 78.6 cm³/mol. The van der Waals surface area contributed by atoms with Gasteiger partial charge in [0.2, 0.25) is 11.8 Å². The molecule has 1 aliphatic carbocycles. The lowest BCUT2D eigenvalue weighted by atomic mass is 10.2.